The number of hydrogen-bond acceptors (Lipinski definition) is 7. The summed E-state index contributed by atoms with van der Waals surface area (Å²) in [4.78, 5) is 30.8. The average molecular weight is 358 g/mol. The summed E-state index contributed by atoms with van der Waals surface area (Å²) in [5.74, 6) is -0.532. The predicted molar refractivity (Wildman–Crippen MR) is 92.1 cm³/mol. The van der Waals surface area contributed by atoms with E-state index in [1.807, 2.05) is 22.9 Å². The third kappa shape index (κ3) is 2.43. The van der Waals surface area contributed by atoms with E-state index in [1.54, 1.807) is 18.3 Å². The Bertz CT molecular complexity index is 1090. The molecule has 0 saturated carbocycles. The zero-order valence-corrected chi connectivity index (χ0v) is 14.0. The monoisotopic (exact) mass is 358 g/mol. The molecule has 4 rings (SSSR count). The number of aromatic nitrogens is 3. The summed E-state index contributed by atoms with van der Waals surface area (Å²) in [6.07, 6.45) is 1.29. The van der Waals surface area contributed by atoms with Crippen LogP contribution in [0.15, 0.2) is 44.6 Å². The third-order valence-electron chi connectivity index (χ3n) is 3.36. The van der Waals surface area contributed by atoms with Crippen LogP contribution in [0, 0.1) is 6.92 Å². The van der Waals surface area contributed by atoms with Crippen molar-refractivity contribution in [2.75, 3.05) is 5.43 Å². The smallest absolute Gasteiger partial charge is 0.308 e. The number of nitrogens with one attached hydrogen (secondary N) is 1. The van der Waals surface area contributed by atoms with Crippen LogP contribution in [0.4, 0.5) is 0 Å². The number of amides is 1. The first-order valence-electron chi connectivity index (χ1n) is 6.91. The fraction of sp³-hybridized carbons (Fsp3) is 0.0667. The molecule has 0 aliphatic carbocycles. The number of carbonyl (C=O) groups excluding carboxylic acids is 1. The minimum atomic E-state index is -0.563. The van der Waals surface area contributed by atoms with E-state index in [-0.39, 0.29) is 11.3 Å². The summed E-state index contributed by atoms with van der Waals surface area (Å²) in [6.45, 7) is 1.71. The Hall–Kier alpha value is -2.78. The summed E-state index contributed by atoms with van der Waals surface area (Å²) in [5.41, 5.74) is 3.54. The number of aryl methyl sites for hydroxylation is 1. The van der Waals surface area contributed by atoms with Gasteiger partial charge in [-0.15, -0.1) is 22.7 Å². The van der Waals surface area contributed by atoms with Crippen LogP contribution in [0.5, 0.6) is 0 Å². The average Bonchev–Trinajstić information content (AvgIpc) is 3.29. The standard InChI is InChI=1S/C15H10N4O3S2/c1-8-5-10(22-18-8)13(20)17-19-7-16-14-12(15(19)21)9(6-24-14)11-3-2-4-23-11/h2-7H,1H3,(H,17,20). The fourth-order valence-electron chi connectivity index (χ4n) is 2.26. The van der Waals surface area contributed by atoms with Gasteiger partial charge in [-0.1, -0.05) is 11.2 Å². The Morgan fingerprint density at radius 2 is 2.25 bits per heavy atom. The summed E-state index contributed by atoms with van der Waals surface area (Å²) in [6, 6.07) is 5.36. The van der Waals surface area contributed by atoms with E-state index in [0.29, 0.717) is 15.9 Å². The second kappa shape index (κ2) is 5.69. The van der Waals surface area contributed by atoms with Gasteiger partial charge in [-0.25, -0.2) is 9.66 Å². The molecule has 7 nitrogen and oxygen atoms in total. The summed E-state index contributed by atoms with van der Waals surface area (Å²) < 4.78 is 5.96. The van der Waals surface area contributed by atoms with Crippen molar-refractivity contribution >= 4 is 38.8 Å². The SMILES string of the molecule is Cc1cc(C(=O)Nn2cnc3scc(-c4cccs4)c3c2=O)on1. The molecule has 24 heavy (non-hydrogen) atoms. The number of fused-ring (bicyclic) bond motifs is 1. The lowest BCUT2D eigenvalue weighted by Crippen LogP contribution is -2.33. The molecule has 0 fully saturated rings. The van der Waals surface area contributed by atoms with Crippen LogP contribution in [0.25, 0.3) is 20.7 Å². The molecule has 4 aromatic rings. The highest BCUT2D eigenvalue weighted by molar-refractivity contribution is 7.18. The normalized spacial score (nSPS) is 11.0. The topological polar surface area (TPSA) is 90.0 Å². The van der Waals surface area contributed by atoms with E-state index in [1.165, 1.54) is 23.7 Å². The molecule has 0 radical (unpaired) electrons. The van der Waals surface area contributed by atoms with Gasteiger partial charge in [-0.2, -0.15) is 0 Å². The molecule has 0 saturated heterocycles. The molecule has 0 aliphatic heterocycles. The first kappa shape index (κ1) is 14.8. The van der Waals surface area contributed by atoms with Gasteiger partial charge in [0.05, 0.1) is 11.1 Å². The van der Waals surface area contributed by atoms with Crippen molar-refractivity contribution in [2.24, 2.45) is 0 Å². The molecule has 0 spiro atoms. The lowest BCUT2D eigenvalue weighted by atomic mass is 10.2. The van der Waals surface area contributed by atoms with Crippen molar-refractivity contribution in [1.29, 1.82) is 0 Å². The summed E-state index contributed by atoms with van der Waals surface area (Å²) in [5, 5.41) is 7.99. The molecular weight excluding hydrogens is 348 g/mol. The molecule has 0 bridgehead atoms. The molecular formula is C15H10N4O3S2. The Morgan fingerprint density at radius 1 is 1.38 bits per heavy atom. The minimum Gasteiger partial charge on any atom is -0.351 e. The van der Waals surface area contributed by atoms with Crippen LogP contribution < -0.4 is 11.0 Å². The number of hydrogen-bond donors (Lipinski definition) is 1. The quantitative estimate of drug-likeness (QED) is 0.608. The third-order valence-corrected chi connectivity index (χ3v) is 5.14. The van der Waals surface area contributed by atoms with Gasteiger partial charge < -0.3 is 4.52 Å². The van der Waals surface area contributed by atoms with Crippen molar-refractivity contribution in [2.45, 2.75) is 6.92 Å². The molecule has 9 heteroatoms. The van der Waals surface area contributed by atoms with Gasteiger partial charge in [0.25, 0.3) is 5.56 Å². The maximum Gasteiger partial charge on any atom is 0.308 e. The van der Waals surface area contributed by atoms with Gasteiger partial charge in [0.1, 0.15) is 11.2 Å². The second-order valence-electron chi connectivity index (χ2n) is 5.00. The molecule has 0 aromatic carbocycles. The van der Waals surface area contributed by atoms with Gasteiger partial charge >= 0.3 is 5.91 Å². The molecule has 120 valence electrons. The Balaban J connectivity index is 1.77. The van der Waals surface area contributed by atoms with Crippen LogP contribution in [-0.4, -0.2) is 20.7 Å². The number of nitrogens with zero attached hydrogens (tertiary/aromatic N) is 3. The van der Waals surface area contributed by atoms with Gasteiger partial charge in [0.15, 0.2) is 0 Å². The molecule has 1 amide bonds. The van der Waals surface area contributed by atoms with E-state index in [9.17, 15) is 9.59 Å². The van der Waals surface area contributed by atoms with Gasteiger partial charge in [0.2, 0.25) is 5.76 Å². The van der Waals surface area contributed by atoms with Gasteiger partial charge in [-0.05, 0) is 18.4 Å². The maximum atomic E-state index is 12.8. The van der Waals surface area contributed by atoms with Crippen molar-refractivity contribution < 1.29 is 9.32 Å². The Labute approximate surface area is 143 Å². The minimum absolute atomic E-state index is 0.0308. The van der Waals surface area contributed by atoms with Crippen molar-refractivity contribution in [1.82, 2.24) is 14.8 Å². The first-order chi connectivity index (χ1) is 11.6. The number of rotatable bonds is 3. The number of thiophene rings is 2. The van der Waals surface area contributed by atoms with Crippen LogP contribution in [0.1, 0.15) is 16.2 Å². The summed E-state index contributed by atoms with van der Waals surface area (Å²) >= 11 is 2.94. The van der Waals surface area contributed by atoms with Crippen LogP contribution in [0.2, 0.25) is 0 Å². The Kier molecular flexibility index (Phi) is 3.51. The van der Waals surface area contributed by atoms with Gasteiger partial charge in [0, 0.05) is 21.9 Å². The highest BCUT2D eigenvalue weighted by Crippen LogP contribution is 2.33. The van der Waals surface area contributed by atoms with E-state index in [2.05, 4.69) is 15.6 Å². The fourth-order valence-corrected chi connectivity index (χ4v) is 3.98. The lowest BCUT2D eigenvalue weighted by Gasteiger charge is -2.05. The molecule has 1 N–H and O–H groups in total. The van der Waals surface area contributed by atoms with Crippen molar-refractivity contribution in [3.63, 3.8) is 0 Å². The lowest BCUT2D eigenvalue weighted by molar-refractivity contribution is 0.0972. The van der Waals surface area contributed by atoms with Crippen LogP contribution >= 0.6 is 22.7 Å². The molecule has 4 aromatic heterocycles. The van der Waals surface area contributed by atoms with E-state index in [4.69, 9.17) is 4.52 Å². The van der Waals surface area contributed by atoms with E-state index < -0.39 is 5.91 Å². The first-order valence-corrected chi connectivity index (χ1v) is 8.67. The zero-order chi connectivity index (χ0) is 16.7. The van der Waals surface area contributed by atoms with Crippen LogP contribution in [-0.2, 0) is 0 Å². The van der Waals surface area contributed by atoms with E-state index in [0.717, 1.165) is 15.1 Å². The molecule has 0 atom stereocenters. The highest BCUT2D eigenvalue weighted by atomic mass is 32.1. The Morgan fingerprint density at radius 3 is 2.96 bits per heavy atom. The van der Waals surface area contributed by atoms with Crippen molar-refractivity contribution in [3.05, 3.63) is 57.1 Å². The van der Waals surface area contributed by atoms with Crippen molar-refractivity contribution in [3.8, 4) is 10.4 Å². The molecule has 4 heterocycles. The predicted octanol–water partition coefficient (Wildman–Crippen LogP) is 2.87. The van der Waals surface area contributed by atoms with E-state index >= 15 is 0 Å². The number of carbonyl (C=O) groups is 1. The maximum absolute atomic E-state index is 12.8. The summed E-state index contributed by atoms with van der Waals surface area (Å²) in [7, 11) is 0. The molecule has 0 unspecified atom stereocenters. The molecule has 0 aliphatic rings. The zero-order valence-electron chi connectivity index (χ0n) is 12.3. The van der Waals surface area contributed by atoms with Gasteiger partial charge in [-0.3, -0.25) is 15.0 Å². The van der Waals surface area contributed by atoms with Crippen LogP contribution in [0.3, 0.4) is 0 Å². The largest absolute Gasteiger partial charge is 0.351 e. The highest BCUT2D eigenvalue weighted by Gasteiger charge is 2.17. The second-order valence-corrected chi connectivity index (χ2v) is 6.81.